The maximum absolute atomic E-state index is 12.1. The van der Waals surface area contributed by atoms with Gasteiger partial charge in [0.15, 0.2) is 8.03 Å². The van der Waals surface area contributed by atoms with Gasteiger partial charge >= 0.3 is 5.97 Å². The maximum atomic E-state index is 12.1. The van der Waals surface area contributed by atoms with Crippen molar-refractivity contribution in [1.29, 1.82) is 0 Å². The van der Waals surface area contributed by atoms with Crippen LogP contribution in [0.3, 0.4) is 0 Å². The van der Waals surface area contributed by atoms with Gasteiger partial charge in [-0.25, -0.2) is 4.79 Å². The molecule has 5 heteroatoms. The van der Waals surface area contributed by atoms with Gasteiger partial charge in [0.25, 0.3) is 0 Å². The molecular formula is C17H29O4P. The van der Waals surface area contributed by atoms with Crippen LogP contribution in [0.2, 0.25) is 0 Å². The van der Waals surface area contributed by atoms with Gasteiger partial charge in [0.1, 0.15) is 0 Å². The predicted molar refractivity (Wildman–Crippen MR) is 88.7 cm³/mol. The normalized spacial score (nSPS) is 23.4. The van der Waals surface area contributed by atoms with Crippen molar-refractivity contribution < 1.29 is 19.0 Å². The first kappa shape index (κ1) is 17.7. The molecule has 4 nitrogen and oxygen atoms in total. The summed E-state index contributed by atoms with van der Waals surface area (Å²) in [6, 6.07) is 0. The lowest BCUT2D eigenvalue weighted by atomic mass is 9.88. The van der Waals surface area contributed by atoms with E-state index < -0.39 is 14.0 Å². The molecule has 0 heterocycles. The Morgan fingerprint density at radius 2 is 1.64 bits per heavy atom. The van der Waals surface area contributed by atoms with Crippen molar-refractivity contribution in [1.82, 2.24) is 0 Å². The summed E-state index contributed by atoms with van der Waals surface area (Å²) in [5, 5.41) is 9.32. The molecule has 2 saturated carbocycles. The zero-order chi connectivity index (χ0) is 15.8. The molecule has 2 rings (SSSR count). The highest BCUT2D eigenvalue weighted by atomic mass is 31.1. The van der Waals surface area contributed by atoms with Gasteiger partial charge in [0, 0.05) is 5.57 Å². The van der Waals surface area contributed by atoms with Gasteiger partial charge in [-0.1, -0.05) is 44.6 Å². The summed E-state index contributed by atoms with van der Waals surface area (Å²) in [4.78, 5) is 11.4. The van der Waals surface area contributed by atoms with Crippen LogP contribution in [0, 0.1) is 11.8 Å². The molecule has 2 fully saturated rings. The molecule has 0 radical (unpaired) electrons. The van der Waals surface area contributed by atoms with Crippen molar-refractivity contribution in [2.24, 2.45) is 11.8 Å². The first-order chi connectivity index (χ1) is 10.6. The molecule has 0 saturated heterocycles. The number of carboxylic acids is 1. The second-order valence-electron chi connectivity index (χ2n) is 6.76. The molecule has 126 valence electrons. The highest BCUT2D eigenvalue weighted by Gasteiger charge is 2.19. The fraction of sp³-hybridized carbons (Fsp3) is 0.824. The average Bonchev–Trinajstić information content (AvgIpc) is 2.54. The van der Waals surface area contributed by atoms with Crippen molar-refractivity contribution in [3.63, 3.8) is 0 Å². The van der Waals surface area contributed by atoms with Crippen LogP contribution in [0.1, 0.15) is 64.2 Å². The Balaban J connectivity index is 1.80. The zero-order valence-electron chi connectivity index (χ0n) is 13.4. The second kappa shape index (κ2) is 9.52. The average molecular weight is 328 g/mol. The molecule has 0 aromatic rings. The SMILES string of the molecule is O=C(O)/C(=C/C1CCCCC1)C[PH](=O)OCC1CCCCC1. The maximum Gasteiger partial charge on any atom is 0.331 e. The summed E-state index contributed by atoms with van der Waals surface area (Å²) in [6.07, 6.45) is 13.7. The fourth-order valence-corrected chi connectivity index (χ4v) is 4.67. The molecule has 0 aliphatic heterocycles. The van der Waals surface area contributed by atoms with Gasteiger partial charge < -0.3 is 9.63 Å². The third-order valence-corrected chi connectivity index (χ3v) is 6.06. The molecule has 0 spiro atoms. The van der Waals surface area contributed by atoms with Crippen LogP contribution in [0.5, 0.6) is 0 Å². The van der Waals surface area contributed by atoms with E-state index >= 15 is 0 Å². The topological polar surface area (TPSA) is 63.6 Å². The van der Waals surface area contributed by atoms with Crippen LogP contribution < -0.4 is 0 Å². The third kappa shape index (κ3) is 6.26. The number of hydrogen-bond donors (Lipinski definition) is 1. The molecule has 2 aliphatic carbocycles. The Morgan fingerprint density at radius 3 is 2.23 bits per heavy atom. The van der Waals surface area contributed by atoms with Crippen LogP contribution >= 0.6 is 8.03 Å². The lowest BCUT2D eigenvalue weighted by molar-refractivity contribution is -0.132. The smallest absolute Gasteiger partial charge is 0.331 e. The first-order valence-electron chi connectivity index (χ1n) is 8.75. The van der Waals surface area contributed by atoms with Crippen LogP contribution in [-0.4, -0.2) is 23.8 Å². The Hall–Kier alpha value is -0.600. The van der Waals surface area contributed by atoms with E-state index in [0.29, 0.717) is 24.0 Å². The molecule has 1 N–H and O–H groups in total. The van der Waals surface area contributed by atoms with E-state index in [4.69, 9.17) is 4.52 Å². The van der Waals surface area contributed by atoms with E-state index in [0.717, 1.165) is 25.7 Å². The van der Waals surface area contributed by atoms with E-state index in [2.05, 4.69) is 0 Å². The van der Waals surface area contributed by atoms with E-state index in [1.807, 2.05) is 6.08 Å². The fourth-order valence-electron chi connectivity index (χ4n) is 3.56. The third-order valence-electron chi connectivity index (χ3n) is 4.90. The van der Waals surface area contributed by atoms with E-state index in [-0.39, 0.29) is 6.16 Å². The standard InChI is InChI=1S/C17H29O4P/c18-17(19)16(11-14-7-3-1-4-8-14)13-22(20)21-12-15-9-5-2-6-10-15/h11,14-15,22H,1-10,12-13H2,(H,18,19)/b16-11+. The molecule has 1 atom stereocenters. The van der Waals surface area contributed by atoms with Crippen molar-refractivity contribution in [3.8, 4) is 0 Å². The van der Waals surface area contributed by atoms with Gasteiger partial charge in [-0.3, -0.25) is 4.57 Å². The highest BCUT2D eigenvalue weighted by molar-refractivity contribution is 7.39. The monoisotopic (exact) mass is 328 g/mol. The molecule has 1 unspecified atom stereocenters. The Kier molecular flexibility index (Phi) is 7.68. The van der Waals surface area contributed by atoms with Crippen molar-refractivity contribution >= 4 is 14.0 Å². The van der Waals surface area contributed by atoms with Crippen LogP contribution in [0.4, 0.5) is 0 Å². The molecular weight excluding hydrogens is 299 g/mol. The highest BCUT2D eigenvalue weighted by Crippen LogP contribution is 2.32. The van der Waals surface area contributed by atoms with Gasteiger partial charge in [-0.05, 0) is 37.5 Å². The van der Waals surface area contributed by atoms with Gasteiger partial charge in [-0.15, -0.1) is 0 Å². The van der Waals surface area contributed by atoms with Gasteiger partial charge in [0.05, 0.1) is 12.8 Å². The molecule has 22 heavy (non-hydrogen) atoms. The largest absolute Gasteiger partial charge is 0.478 e. The lowest BCUT2D eigenvalue weighted by Gasteiger charge is -2.21. The quantitative estimate of drug-likeness (QED) is 0.546. The van der Waals surface area contributed by atoms with Gasteiger partial charge in [0.2, 0.25) is 0 Å². The van der Waals surface area contributed by atoms with E-state index in [9.17, 15) is 14.5 Å². The summed E-state index contributed by atoms with van der Waals surface area (Å²) in [6.45, 7) is 0.536. The number of hydrogen-bond acceptors (Lipinski definition) is 3. The number of carbonyl (C=O) groups is 1. The van der Waals surface area contributed by atoms with Crippen molar-refractivity contribution in [3.05, 3.63) is 11.6 Å². The summed E-state index contributed by atoms with van der Waals surface area (Å²) >= 11 is 0. The summed E-state index contributed by atoms with van der Waals surface area (Å²) in [7, 11) is -2.28. The van der Waals surface area contributed by atoms with Gasteiger partial charge in [-0.2, -0.15) is 0 Å². The Bertz CT molecular complexity index is 407. The summed E-state index contributed by atoms with van der Waals surface area (Å²) in [5.74, 6) is -0.0866. The van der Waals surface area contributed by atoms with Crippen molar-refractivity contribution in [2.45, 2.75) is 64.2 Å². The Morgan fingerprint density at radius 1 is 1.05 bits per heavy atom. The molecule has 0 aromatic heterocycles. The Labute approximate surface area is 134 Å². The minimum absolute atomic E-state index is 0.0865. The molecule has 2 aliphatic rings. The van der Waals surface area contributed by atoms with E-state index in [1.165, 1.54) is 38.5 Å². The van der Waals surface area contributed by atoms with Crippen LogP contribution in [-0.2, 0) is 13.9 Å². The minimum atomic E-state index is -2.28. The van der Waals surface area contributed by atoms with Crippen molar-refractivity contribution in [2.75, 3.05) is 12.8 Å². The number of carboxylic acid groups (broad SMARTS) is 1. The summed E-state index contributed by atoms with van der Waals surface area (Å²) < 4.78 is 17.6. The first-order valence-corrected chi connectivity index (χ1v) is 10.3. The van der Waals surface area contributed by atoms with E-state index in [1.54, 1.807) is 0 Å². The minimum Gasteiger partial charge on any atom is -0.478 e. The second-order valence-corrected chi connectivity index (χ2v) is 8.15. The van der Waals surface area contributed by atoms with Crippen LogP contribution in [0.15, 0.2) is 11.6 Å². The number of aliphatic carboxylic acids is 1. The molecule has 0 amide bonds. The molecule has 0 aromatic carbocycles. The van der Waals surface area contributed by atoms with Crippen LogP contribution in [0.25, 0.3) is 0 Å². The number of rotatable bonds is 7. The predicted octanol–water partition coefficient (Wildman–Crippen LogP) is 4.65. The zero-order valence-corrected chi connectivity index (χ0v) is 14.4. The number of allylic oxidation sites excluding steroid dienone is 1. The molecule has 0 bridgehead atoms. The summed E-state index contributed by atoms with van der Waals surface area (Å²) in [5.41, 5.74) is 0.291. The lowest BCUT2D eigenvalue weighted by Crippen LogP contribution is -2.13.